The van der Waals surface area contributed by atoms with E-state index < -0.39 is 0 Å². The molecule has 0 fully saturated rings. The predicted octanol–water partition coefficient (Wildman–Crippen LogP) is 0.0298. The first kappa shape index (κ1) is 9.11. The van der Waals surface area contributed by atoms with E-state index in [4.69, 9.17) is 10.8 Å². The fourth-order valence-corrected chi connectivity index (χ4v) is 1.32. The molecule has 0 saturated heterocycles. The molecule has 2 aromatic heterocycles. The number of hydrogen-bond donors (Lipinski definition) is 2. The SMILES string of the molecule is Cc1cn2cc(C(N)CO)cnc2n1. The highest BCUT2D eigenvalue weighted by Gasteiger charge is 2.06. The van der Waals surface area contributed by atoms with Crippen molar-refractivity contribution in [1.82, 2.24) is 14.4 Å². The molecule has 1 unspecified atom stereocenters. The van der Waals surface area contributed by atoms with Crippen LogP contribution in [0.3, 0.4) is 0 Å². The molecule has 14 heavy (non-hydrogen) atoms. The van der Waals surface area contributed by atoms with Crippen molar-refractivity contribution in [1.29, 1.82) is 0 Å². The van der Waals surface area contributed by atoms with Crippen LogP contribution in [0.1, 0.15) is 17.3 Å². The van der Waals surface area contributed by atoms with Gasteiger partial charge in [0.15, 0.2) is 0 Å². The van der Waals surface area contributed by atoms with Crippen LogP contribution in [0.15, 0.2) is 18.6 Å². The second-order valence-electron chi connectivity index (χ2n) is 3.27. The van der Waals surface area contributed by atoms with Gasteiger partial charge in [-0.1, -0.05) is 0 Å². The Bertz CT molecular complexity index is 451. The largest absolute Gasteiger partial charge is 0.394 e. The highest BCUT2D eigenvalue weighted by atomic mass is 16.3. The van der Waals surface area contributed by atoms with Gasteiger partial charge in [0.1, 0.15) is 0 Å². The van der Waals surface area contributed by atoms with Crippen LogP contribution in [0, 0.1) is 6.92 Å². The summed E-state index contributed by atoms with van der Waals surface area (Å²) in [5.74, 6) is 0.649. The third-order valence-electron chi connectivity index (χ3n) is 2.08. The lowest BCUT2D eigenvalue weighted by molar-refractivity contribution is 0.267. The maximum Gasteiger partial charge on any atom is 0.233 e. The number of aliphatic hydroxyl groups is 1. The Balaban J connectivity index is 2.50. The van der Waals surface area contributed by atoms with E-state index in [0.29, 0.717) is 5.78 Å². The summed E-state index contributed by atoms with van der Waals surface area (Å²) < 4.78 is 1.81. The van der Waals surface area contributed by atoms with Gasteiger partial charge in [-0.3, -0.25) is 4.40 Å². The molecule has 0 bridgehead atoms. The van der Waals surface area contributed by atoms with Crippen LogP contribution in [0.25, 0.3) is 5.78 Å². The first-order valence-corrected chi connectivity index (χ1v) is 4.38. The van der Waals surface area contributed by atoms with Crippen molar-refractivity contribution in [2.24, 2.45) is 5.73 Å². The number of nitrogens with two attached hydrogens (primary N) is 1. The molecule has 5 nitrogen and oxygen atoms in total. The Morgan fingerprint density at radius 3 is 3.07 bits per heavy atom. The number of hydrogen-bond acceptors (Lipinski definition) is 4. The van der Waals surface area contributed by atoms with Gasteiger partial charge in [-0.25, -0.2) is 9.97 Å². The molecule has 0 aliphatic rings. The maximum atomic E-state index is 8.89. The molecular formula is C9H12N4O. The van der Waals surface area contributed by atoms with Crippen LogP contribution in [-0.4, -0.2) is 26.1 Å². The fraction of sp³-hybridized carbons (Fsp3) is 0.333. The van der Waals surface area contributed by atoms with Crippen LogP contribution in [0.2, 0.25) is 0 Å². The first-order valence-electron chi connectivity index (χ1n) is 4.38. The smallest absolute Gasteiger partial charge is 0.233 e. The number of aromatic nitrogens is 3. The topological polar surface area (TPSA) is 76.4 Å². The molecular weight excluding hydrogens is 180 g/mol. The monoisotopic (exact) mass is 192 g/mol. The summed E-state index contributed by atoms with van der Waals surface area (Å²) in [7, 11) is 0. The number of fused-ring (bicyclic) bond motifs is 1. The Morgan fingerprint density at radius 1 is 1.57 bits per heavy atom. The minimum absolute atomic E-state index is 0.0825. The van der Waals surface area contributed by atoms with Crippen molar-refractivity contribution < 1.29 is 5.11 Å². The number of aliphatic hydroxyl groups excluding tert-OH is 1. The van der Waals surface area contributed by atoms with Crippen molar-refractivity contribution in [3.05, 3.63) is 29.8 Å². The Kier molecular flexibility index (Phi) is 2.18. The first-order chi connectivity index (χ1) is 6.70. The van der Waals surface area contributed by atoms with Gasteiger partial charge in [0.2, 0.25) is 5.78 Å². The van der Waals surface area contributed by atoms with Crippen molar-refractivity contribution in [2.45, 2.75) is 13.0 Å². The van der Waals surface area contributed by atoms with Crippen LogP contribution in [0.4, 0.5) is 0 Å². The van der Waals surface area contributed by atoms with Crippen LogP contribution >= 0.6 is 0 Å². The summed E-state index contributed by atoms with van der Waals surface area (Å²) in [5.41, 5.74) is 7.38. The van der Waals surface area contributed by atoms with Gasteiger partial charge in [-0.2, -0.15) is 0 Å². The number of imidazole rings is 1. The zero-order chi connectivity index (χ0) is 10.1. The predicted molar refractivity (Wildman–Crippen MR) is 51.7 cm³/mol. The molecule has 3 N–H and O–H groups in total. The normalized spacial score (nSPS) is 13.4. The Hall–Kier alpha value is -1.46. The van der Waals surface area contributed by atoms with Crippen molar-refractivity contribution >= 4 is 5.78 Å². The number of aryl methyl sites for hydroxylation is 1. The molecule has 0 aliphatic heterocycles. The van der Waals surface area contributed by atoms with Gasteiger partial charge in [-0.05, 0) is 6.92 Å². The lowest BCUT2D eigenvalue weighted by Gasteiger charge is -2.07. The minimum Gasteiger partial charge on any atom is -0.394 e. The lowest BCUT2D eigenvalue weighted by atomic mass is 10.2. The lowest BCUT2D eigenvalue weighted by Crippen LogP contribution is -2.15. The Morgan fingerprint density at radius 2 is 2.36 bits per heavy atom. The van der Waals surface area contributed by atoms with Crippen molar-refractivity contribution in [3.63, 3.8) is 0 Å². The summed E-state index contributed by atoms with van der Waals surface area (Å²) in [6.07, 6.45) is 5.35. The van der Waals surface area contributed by atoms with Gasteiger partial charge in [-0.15, -0.1) is 0 Å². The fourth-order valence-electron chi connectivity index (χ4n) is 1.32. The molecule has 0 aromatic carbocycles. The van der Waals surface area contributed by atoms with Gasteiger partial charge in [0.25, 0.3) is 0 Å². The van der Waals surface area contributed by atoms with Crippen molar-refractivity contribution in [2.75, 3.05) is 6.61 Å². The van der Waals surface area contributed by atoms with E-state index in [2.05, 4.69) is 9.97 Å². The molecule has 74 valence electrons. The molecule has 0 aliphatic carbocycles. The third-order valence-corrected chi connectivity index (χ3v) is 2.08. The average molecular weight is 192 g/mol. The van der Waals surface area contributed by atoms with E-state index in [1.165, 1.54) is 0 Å². The van der Waals surface area contributed by atoms with E-state index >= 15 is 0 Å². The highest BCUT2D eigenvalue weighted by molar-refractivity contribution is 5.32. The molecule has 0 amide bonds. The van der Waals surface area contributed by atoms with E-state index in [1.54, 1.807) is 10.6 Å². The zero-order valence-electron chi connectivity index (χ0n) is 7.88. The molecule has 2 rings (SSSR count). The molecule has 0 radical (unpaired) electrons. The number of rotatable bonds is 2. The Labute approximate surface area is 81.2 Å². The summed E-state index contributed by atoms with van der Waals surface area (Å²) >= 11 is 0. The zero-order valence-corrected chi connectivity index (χ0v) is 7.88. The maximum absolute atomic E-state index is 8.89. The summed E-state index contributed by atoms with van der Waals surface area (Å²) in [6.45, 7) is 1.82. The summed E-state index contributed by atoms with van der Waals surface area (Å²) in [4.78, 5) is 8.32. The highest BCUT2D eigenvalue weighted by Crippen LogP contribution is 2.09. The van der Waals surface area contributed by atoms with Gasteiger partial charge < -0.3 is 10.8 Å². The summed E-state index contributed by atoms with van der Waals surface area (Å²) in [5, 5.41) is 8.89. The molecule has 2 aromatic rings. The van der Waals surface area contributed by atoms with E-state index in [9.17, 15) is 0 Å². The minimum atomic E-state index is -0.380. The van der Waals surface area contributed by atoms with Crippen LogP contribution in [-0.2, 0) is 0 Å². The second-order valence-corrected chi connectivity index (χ2v) is 3.27. The van der Waals surface area contributed by atoms with E-state index in [0.717, 1.165) is 11.3 Å². The molecule has 1 atom stereocenters. The number of nitrogens with zero attached hydrogens (tertiary/aromatic N) is 3. The van der Waals surface area contributed by atoms with Gasteiger partial charge in [0, 0.05) is 24.2 Å². The summed E-state index contributed by atoms with van der Waals surface area (Å²) in [6, 6.07) is -0.380. The molecule has 2 heterocycles. The molecule has 5 heteroatoms. The van der Waals surface area contributed by atoms with E-state index in [-0.39, 0.29) is 12.6 Å². The quantitative estimate of drug-likeness (QED) is 0.703. The van der Waals surface area contributed by atoms with Crippen LogP contribution in [0.5, 0.6) is 0 Å². The third kappa shape index (κ3) is 1.47. The van der Waals surface area contributed by atoms with Crippen molar-refractivity contribution in [3.8, 4) is 0 Å². The molecule has 0 spiro atoms. The standard InChI is InChI=1S/C9H12N4O/c1-6-3-13-4-7(8(10)5-14)2-11-9(13)12-6/h2-4,8,14H,5,10H2,1H3. The molecule has 0 saturated carbocycles. The van der Waals surface area contributed by atoms with Gasteiger partial charge >= 0.3 is 0 Å². The second kappa shape index (κ2) is 3.36. The average Bonchev–Trinajstić information content (AvgIpc) is 2.55. The van der Waals surface area contributed by atoms with E-state index in [1.807, 2.05) is 19.3 Å². The van der Waals surface area contributed by atoms with Gasteiger partial charge in [0.05, 0.1) is 18.3 Å². The van der Waals surface area contributed by atoms with Crippen LogP contribution < -0.4 is 5.73 Å².